The molecule has 2 atom stereocenters. The van der Waals surface area contributed by atoms with Crippen LogP contribution in [0.15, 0.2) is 0 Å². The molecule has 0 radical (unpaired) electrons. The molecular weight excluding hydrogens is 256 g/mol. The summed E-state index contributed by atoms with van der Waals surface area (Å²) < 4.78 is 11.0. The highest BCUT2D eigenvalue weighted by molar-refractivity contribution is 5.86. The minimum Gasteiger partial charge on any atom is -0.456 e. The van der Waals surface area contributed by atoms with Crippen LogP contribution in [-0.2, 0) is 19.1 Å². The molecule has 20 heavy (non-hydrogen) atoms. The summed E-state index contributed by atoms with van der Waals surface area (Å²) in [4.78, 5) is 24.3. The number of esters is 2. The van der Waals surface area contributed by atoms with Gasteiger partial charge in [0.15, 0.2) is 0 Å². The highest BCUT2D eigenvalue weighted by atomic mass is 16.6. The molecule has 0 bridgehead atoms. The van der Waals surface area contributed by atoms with Gasteiger partial charge in [-0.2, -0.15) is 0 Å². The summed E-state index contributed by atoms with van der Waals surface area (Å²) in [6.45, 7) is 11.3. The van der Waals surface area contributed by atoms with E-state index >= 15 is 0 Å². The SMILES string of the molecule is CCCCC1(C)CC(C)(OC(=O)C(C)(C)CC)C(=O)O1. The van der Waals surface area contributed by atoms with E-state index in [-0.39, 0.29) is 5.97 Å². The van der Waals surface area contributed by atoms with E-state index in [1.54, 1.807) is 6.92 Å². The van der Waals surface area contributed by atoms with E-state index in [0.29, 0.717) is 12.8 Å². The van der Waals surface area contributed by atoms with Gasteiger partial charge < -0.3 is 9.47 Å². The van der Waals surface area contributed by atoms with Gasteiger partial charge in [0.05, 0.1) is 5.41 Å². The molecule has 2 unspecified atom stereocenters. The lowest BCUT2D eigenvalue weighted by molar-refractivity contribution is -0.178. The quantitative estimate of drug-likeness (QED) is 0.699. The van der Waals surface area contributed by atoms with E-state index in [9.17, 15) is 9.59 Å². The van der Waals surface area contributed by atoms with Crippen molar-refractivity contribution in [2.24, 2.45) is 5.41 Å². The Morgan fingerprint density at radius 3 is 2.45 bits per heavy atom. The van der Waals surface area contributed by atoms with Crippen LogP contribution in [0.3, 0.4) is 0 Å². The fourth-order valence-corrected chi connectivity index (χ4v) is 2.41. The number of unbranched alkanes of at least 4 members (excludes halogenated alkanes) is 1. The zero-order valence-electron chi connectivity index (χ0n) is 13.7. The maximum absolute atomic E-state index is 12.2. The second-order valence-corrected chi connectivity index (χ2v) is 6.98. The van der Waals surface area contributed by atoms with Crippen molar-refractivity contribution in [1.29, 1.82) is 0 Å². The van der Waals surface area contributed by atoms with Gasteiger partial charge in [0, 0.05) is 6.42 Å². The first kappa shape index (κ1) is 17.0. The van der Waals surface area contributed by atoms with Crippen LogP contribution in [0, 0.1) is 5.41 Å². The van der Waals surface area contributed by atoms with Gasteiger partial charge in [0.25, 0.3) is 0 Å². The number of carbonyl (C=O) groups is 2. The van der Waals surface area contributed by atoms with Crippen LogP contribution in [0.4, 0.5) is 0 Å². The molecule has 4 nitrogen and oxygen atoms in total. The highest BCUT2D eigenvalue weighted by Gasteiger charge is 2.55. The third kappa shape index (κ3) is 3.53. The Bertz CT molecular complexity index is 388. The van der Waals surface area contributed by atoms with Gasteiger partial charge in [-0.3, -0.25) is 4.79 Å². The zero-order valence-corrected chi connectivity index (χ0v) is 13.7. The molecule has 1 aliphatic rings. The maximum atomic E-state index is 12.2. The predicted octanol–water partition coefficient (Wildman–Crippen LogP) is 3.62. The lowest BCUT2D eigenvalue weighted by Gasteiger charge is -2.28. The van der Waals surface area contributed by atoms with Crippen molar-refractivity contribution < 1.29 is 19.1 Å². The van der Waals surface area contributed by atoms with Gasteiger partial charge in [-0.1, -0.05) is 20.3 Å². The standard InChI is InChI=1S/C16H28O4/c1-7-9-10-15(5)11-16(6,13(18)19-15)20-12(17)14(3,4)8-2/h7-11H2,1-6H3. The van der Waals surface area contributed by atoms with Crippen LogP contribution < -0.4 is 0 Å². The van der Waals surface area contributed by atoms with E-state index in [1.807, 2.05) is 27.7 Å². The molecule has 0 aromatic heterocycles. The largest absolute Gasteiger partial charge is 0.456 e. The van der Waals surface area contributed by atoms with Gasteiger partial charge in [0.2, 0.25) is 5.60 Å². The molecule has 1 heterocycles. The van der Waals surface area contributed by atoms with Gasteiger partial charge in [-0.15, -0.1) is 0 Å². The van der Waals surface area contributed by atoms with E-state index < -0.39 is 22.6 Å². The third-order valence-electron chi connectivity index (χ3n) is 4.30. The average Bonchev–Trinajstić information content (AvgIpc) is 2.57. The Morgan fingerprint density at radius 2 is 1.95 bits per heavy atom. The third-order valence-corrected chi connectivity index (χ3v) is 4.30. The number of cyclic esters (lactones) is 1. The summed E-state index contributed by atoms with van der Waals surface area (Å²) in [6, 6.07) is 0. The summed E-state index contributed by atoms with van der Waals surface area (Å²) in [5.41, 5.74) is -2.24. The van der Waals surface area contributed by atoms with Crippen molar-refractivity contribution >= 4 is 11.9 Å². The summed E-state index contributed by atoms with van der Waals surface area (Å²) in [5.74, 6) is -0.754. The maximum Gasteiger partial charge on any atom is 0.351 e. The lowest BCUT2D eigenvalue weighted by Crippen LogP contribution is -2.41. The molecule has 1 rings (SSSR count). The van der Waals surface area contributed by atoms with Gasteiger partial charge in [-0.25, -0.2) is 4.79 Å². The van der Waals surface area contributed by atoms with Crippen LogP contribution in [0.25, 0.3) is 0 Å². The summed E-state index contributed by atoms with van der Waals surface area (Å²) in [5, 5.41) is 0. The Morgan fingerprint density at radius 1 is 1.35 bits per heavy atom. The van der Waals surface area contributed by atoms with Crippen LogP contribution in [0.2, 0.25) is 0 Å². The number of rotatable bonds is 6. The molecule has 1 saturated heterocycles. The minimum atomic E-state index is -1.15. The molecule has 4 heteroatoms. The van der Waals surface area contributed by atoms with Gasteiger partial charge >= 0.3 is 11.9 Å². The summed E-state index contributed by atoms with van der Waals surface area (Å²) in [6.07, 6.45) is 3.95. The smallest absolute Gasteiger partial charge is 0.351 e. The number of ether oxygens (including phenoxy) is 2. The Labute approximate surface area is 122 Å². The van der Waals surface area contributed by atoms with Crippen molar-refractivity contribution in [3.63, 3.8) is 0 Å². The predicted molar refractivity (Wildman–Crippen MR) is 77.2 cm³/mol. The van der Waals surface area contributed by atoms with Crippen LogP contribution in [0.5, 0.6) is 0 Å². The molecular formula is C16H28O4. The van der Waals surface area contributed by atoms with Crippen molar-refractivity contribution in [1.82, 2.24) is 0 Å². The molecule has 0 spiro atoms. The van der Waals surface area contributed by atoms with Crippen molar-refractivity contribution in [3.05, 3.63) is 0 Å². The lowest BCUT2D eigenvalue weighted by atomic mass is 9.87. The van der Waals surface area contributed by atoms with Crippen molar-refractivity contribution in [2.75, 3.05) is 0 Å². The Hall–Kier alpha value is -1.06. The normalized spacial score (nSPS) is 30.2. The fourth-order valence-electron chi connectivity index (χ4n) is 2.41. The molecule has 1 aliphatic heterocycles. The zero-order chi connectivity index (χ0) is 15.6. The summed E-state index contributed by atoms with van der Waals surface area (Å²) >= 11 is 0. The molecule has 0 aromatic rings. The molecule has 0 aromatic carbocycles. The van der Waals surface area contributed by atoms with E-state index in [1.165, 1.54) is 0 Å². The molecule has 0 amide bonds. The highest BCUT2D eigenvalue weighted by Crippen LogP contribution is 2.40. The number of carbonyl (C=O) groups excluding carboxylic acids is 2. The average molecular weight is 284 g/mol. The molecule has 116 valence electrons. The van der Waals surface area contributed by atoms with Crippen LogP contribution in [0.1, 0.15) is 73.6 Å². The minimum absolute atomic E-state index is 0.334. The second-order valence-electron chi connectivity index (χ2n) is 6.98. The van der Waals surface area contributed by atoms with Crippen molar-refractivity contribution in [3.8, 4) is 0 Å². The second kappa shape index (κ2) is 5.74. The monoisotopic (exact) mass is 284 g/mol. The Kier molecular flexibility index (Phi) is 4.88. The van der Waals surface area contributed by atoms with E-state index in [0.717, 1.165) is 19.3 Å². The summed E-state index contributed by atoms with van der Waals surface area (Å²) in [7, 11) is 0. The topological polar surface area (TPSA) is 52.6 Å². The van der Waals surface area contributed by atoms with Gasteiger partial charge in [-0.05, 0) is 47.0 Å². The fraction of sp³-hybridized carbons (Fsp3) is 0.875. The first-order valence-electron chi connectivity index (χ1n) is 7.55. The Balaban J connectivity index is 2.79. The first-order valence-corrected chi connectivity index (χ1v) is 7.55. The van der Waals surface area contributed by atoms with E-state index in [2.05, 4.69) is 6.92 Å². The first-order chi connectivity index (χ1) is 9.08. The molecule has 0 N–H and O–H groups in total. The molecule has 1 fully saturated rings. The van der Waals surface area contributed by atoms with Gasteiger partial charge in [0.1, 0.15) is 5.60 Å². The number of hydrogen-bond acceptors (Lipinski definition) is 4. The van der Waals surface area contributed by atoms with E-state index in [4.69, 9.17) is 9.47 Å². The number of hydrogen-bond donors (Lipinski definition) is 0. The van der Waals surface area contributed by atoms with Crippen LogP contribution >= 0.6 is 0 Å². The van der Waals surface area contributed by atoms with Crippen LogP contribution in [-0.4, -0.2) is 23.1 Å². The van der Waals surface area contributed by atoms with Crippen molar-refractivity contribution in [2.45, 2.75) is 84.8 Å². The molecule has 0 aliphatic carbocycles. The molecule has 0 saturated carbocycles.